The molecule has 1 aliphatic heterocycles. The Balaban J connectivity index is 1.42. The first-order chi connectivity index (χ1) is 12.2. The molecule has 0 bridgehead atoms. The minimum absolute atomic E-state index is 0.00332. The van der Waals surface area contributed by atoms with E-state index in [1.807, 2.05) is 24.3 Å². The van der Waals surface area contributed by atoms with Crippen LogP contribution in [0, 0.1) is 5.41 Å². The molecule has 25 heavy (non-hydrogen) atoms. The molecule has 0 radical (unpaired) electrons. The van der Waals surface area contributed by atoms with Gasteiger partial charge in [-0.2, -0.15) is 0 Å². The van der Waals surface area contributed by atoms with E-state index in [0.717, 1.165) is 0 Å². The average molecular weight is 339 g/mol. The number of hydrogen-bond acceptors (Lipinski definition) is 4. The molecule has 1 fully saturated rings. The maximum atomic E-state index is 12.1. The molecule has 0 atom stereocenters. The largest absolute Gasteiger partial charge is 0.449 e. The molecule has 2 N–H and O–H groups in total. The predicted molar refractivity (Wildman–Crippen MR) is 93.4 cm³/mol. The van der Waals surface area contributed by atoms with Crippen LogP contribution in [0.25, 0.3) is 11.1 Å². The summed E-state index contributed by atoms with van der Waals surface area (Å²) in [6.07, 6.45) is -0.457. The van der Waals surface area contributed by atoms with E-state index in [4.69, 9.17) is 9.47 Å². The standard InChI is InChI=1S/C20H21NO4/c22-11-20(12-24-13-20)10-21-19(23)25-9-18-16-7-3-1-5-14(16)15-6-2-4-8-17(15)18/h1-8,18,22H,9-13H2,(H,21,23). The summed E-state index contributed by atoms with van der Waals surface area (Å²) in [6, 6.07) is 16.5. The minimum Gasteiger partial charge on any atom is -0.449 e. The first-order valence-electron chi connectivity index (χ1n) is 8.50. The molecular weight excluding hydrogens is 318 g/mol. The lowest BCUT2D eigenvalue weighted by atomic mass is 9.87. The van der Waals surface area contributed by atoms with Gasteiger partial charge >= 0.3 is 6.09 Å². The topological polar surface area (TPSA) is 67.8 Å². The number of aliphatic hydroxyl groups excluding tert-OH is 1. The van der Waals surface area contributed by atoms with Crippen molar-refractivity contribution in [1.29, 1.82) is 0 Å². The first-order valence-corrected chi connectivity index (χ1v) is 8.50. The number of alkyl carbamates (subject to hydrolysis) is 1. The van der Waals surface area contributed by atoms with Gasteiger partial charge in [0.05, 0.1) is 25.2 Å². The third kappa shape index (κ3) is 2.90. The smallest absolute Gasteiger partial charge is 0.407 e. The third-order valence-electron chi connectivity index (χ3n) is 5.10. The molecule has 4 rings (SSSR count). The summed E-state index contributed by atoms with van der Waals surface area (Å²) in [4.78, 5) is 12.1. The normalized spacial score (nSPS) is 17.3. The number of amides is 1. The highest BCUT2D eigenvalue weighted by Gasteiger charge is 2.38. The third-order valence-corrected chi connectivity index (χ3v) is 5.10. The molecule has 5 heteroatoms. The van der Waals surface area contributed by atoms with Crippen molar-refractivity contribution in [3.8, 4) is 11.1 Å². The maximum absolute atomic E-state index is 12.1. The van der Waals surface area contributed by atoms with E-state index < -0.39 is 6.09 Å². The van der Waals surface area contributed by atoms with Crippen molar-refractivity contribution >= 4 is 6.09 Å². The zero-order valence-corrected chi connectivity index (χ0v) is 13.9. The summed E-state index contributed by atoms with van der Waals surface area (Å²) < 4.78 is 10.6. The van der Waals surface area contributed by atoms with Crippen LogP contribution >= 0.6 is 0 Å². The van der Waals surface area contributed by atoms with E-state index in [1.165, 1.54) is 22.3 Å². The molecule has 2 aromatic carbocycles. The molecule has 0 unspecified atom stereocenters. The second-order valence-corrected chi connectivity index (χ2v) is 6.83. The highest BCUT2D eigenvalue weighted by atomic mass is 16.5. The van der Waals surface area contributed by atoms with Crippen molar-refractivity contribution in [2.75, 3.05) is 33.0 Å². The van der Waals surface area contributed by atoms with Crippen LogP contribution < -0.4 is 5.32 Å². The molecule has 1 aliphatic carbocycles. The van der Waals surface area contributed by atoms with Gasteiger partial charge in [-0.25, -0.2) is 4.79 Å². The number of ether oxygens (including phenoxy) is 2. The monoisotopic (exact) mass is 339 g/mol. The Hall–Kier alpha value is -2.37. The summed E-state index contributed by atoms with van der Waals surface area (Å²) in [5.41, 5.74) is 4.44. The van der Waals surface area contributed by atoms with Crippen LogP contribution in [-0.4, -0.2) is 44.2 Å². The Morgan fingerprint density at radius 3 is 2.24 bits per heavy atom. The number of fused-ring (bicyclic) bond motifs is 3. The van der Waals surface area contributed by atoms with Gasteiger partial charge in [-0.1, -0.05) is 48.5 Å². The lowest BCUT2D eigenvalue weighted by molar-refractivity contribution is -0.133. The van der Waals surface area contributed by atoms with Crippen LogP contribution in [-0.2, 0) is 9.47 Å². The number of rotatable bonds is 5. The molecular formula is C20H21NO4. The van der Waals surface area contributed by atoms with Gasteiger partial charge in [0.1, 0.15) is 6.61 Å². The summed E-state index contributed by atoms with van der Waals surface area (Å²) in [5.74, 6) is 0.0528. The highest BCUT2D eigenvalue weighted by molar-refractivity contribution is 5.79. The molecule has 1 heterocycles. The second kappa shape index (κ2) is 6.50. The van der Waals surface area contributed by atoms with Gasteiger partial charge in [-0.15, -0.1) is 0 Å². The van der Waals surface area contributed by atoms with E-state index in [2.05, 4.69) is 29.6 Å². The molecule has 2 aliphatic rings. The average Bonchev–Trinajstić information content (AvgIpc) is 2.93. The molecule has 2 aromatic rings. The Labute approximate surface area is 146 Å². The summed E-state index contributed by atoms with van der Waals surface area (Å²) in [5, 5.41) is 12.1. The number of carbonyl (C=O) groups excluding carboxylic acids is 1. The number of hydrogen-bond donors (Lipinski definition) is 2. The van der Waals surface area contributed by atoms with E-state index in [9.17, 15) is 9.90 Å². The number of aliphatic hydroxyl groups is 1. The van der Waals surface area contributed by atoms with Crippen molar-refractivity contribution in [3.63, 3.8) is 0 Å². The lowest BCUT2D eigenvalue weighted by Crippen LogP contribution is -2.53. The Kier molecular flexibility index (Phi) is 4.19. The summed E-state index contributed by atoms with van der Waals surface area (Å²) in [7, 11) is 0. The fraction of sp³-hybridized carbons (Fsp3) is 0.350. The first kappa shape index (κ1) is 16.1. The molecule has 130 valence electrons. The van der Waals surface area contributed by atoms with Crippen LogP contribution in [0.3, 0.4) is 0 Å². The van der Waals surface area contributed by atoms with E-state index in [1.54, 1.807) is 0 Å². The number of carbonyl (C=O) groups is 1. The molecule has 0 spiro atoms. The SMILES string of the molecule is O=C(NCC1(CO)COC1)OCC1c2ccccc2-c2ccccc21. The van der Waals surface area contributed by atoms with Crippen molar-refractivity contribution in [3.05, 3.63) is 59.7 Å². The minimum atomic E-state index is -0.457. The molecule has 1 amide bonds. The summed E-state index contributed by atoms with van der Waals surface area (Å²) >= 11 is 0. The maximum Gasteiger partial charge on any atom is 0.407 e. The van der Waals surface area contributed by atoms with Crippen LogP contribution in [0.1, 0.15) is 17.0 Å². The van der Waals surface area contributed by atoms with Gasteiger partial charge in [0.25, 0.3) is 0 Å². The summed E-state index contributed by atoms with van der Waals surface area (Å²) in [6.45, 7) is 1.58. The lowest BCUT2D eigenvalue weighted by Gasteiger charge is -2.39. The Morgan fingerprint density at radius 2 is 1.72 bits per heavy atom. The van der Waals surface area contributed by atoms with E-state index in [0.29, 0.717) is 26.4 Å². The Morgan fingerprint density at radius 1 is 1.12 bits per heavy atom. The molecule has 0 aromatic heterocycles. The van der Waals surface area contributed by atoms with Gasteiger partial charge in [0.15, 0.2) is 0 Å². The molecule has 0 saturated carbocycles. The fourth-order valence-electron chi connectivity index (χ4n) is 3.55. The number of benzene rings is 2. The number of nitrogens with one attached hydrogen (secondary N) is 1. The van der Waals surface area contributed by atoms with E-state index in [-0.39, 0.29) is 17.9 Å². The van der Waals surface area contributed by atoms with Crippen molar-refractivity contribution < 1.29 is 19.4 Å². The quantitative estimate of drug-likeness (QED) is 0.878. The van der Waals surface area contributed by atoms with Gasteiger partial charge in [-0.05, 0) is 22.3 Å². The van der Waals surface area contributed by atoms with Gasteiger partial charge in [0, 0.05) is 12.5 Å². The van der Waals surface area contributed by atoms with Gasteiger partial charge in [-0.3, -0.25) is 0 Å². The van der Waals surface area contributed by atoms with Crippen LogP contribution in [0.5, 0.6) is 0 Å². The molecule has 1 saturated heterocycles. The second-order valence-electron chi connectivity index (χ2n) is 6.83. The zero-order valence-electron chi connectivity index (χ0n) is 13.9. The van der Waals surface area contributed by atoms with Crippen LogP contribution in [0.4, 0.5) is 4.79 Å². The van der Waals surface area contributed by atoms with Crippen molar-refractivity contribution in [1.82, 2.24) is 5.32 Å². The molecule has 5 nitrogen and oxygen atoms in total. The van der Waals surface area contributed by atoms with Crippen LogP contribution in [0.15, 0.2) is 48.5 Å². The van der Waals surface area contributed by atoms with Crippen molar-refractivity contribution in [2.24, 2.45) is 5.41 Å². The van der Waals surface area contributed by atoms with Gasteiger partial charge < -0.3 is 19.9 Å². The van der Waals surface area contributed by atoms with E-state index >= 15 is 0 Å². The Bertz CT molecular complexity index is 734. The van der Waals surface area contributed by atoms with Crippen LogP contribution in [0.2, 0.25) is 0 Å². The zero-order chi connectivity index (χ0) is 17.3. The highest BCUT2D eigenvalue weighted by Crippen LogP contribution is 2.44. The predicted octanol–water partition coefficient (Wildman–Crippen LogP) is 2.53. The van der Waals surface area contributed by atoms with Gasteiger partial charge in [0.2, 0.25) is 0 Å². The fourth-order valence-corrected chi connectivity index (χ4v) is 3.55. The van der Waals surface area contributed by atoms with Crippen molar-refractivity contribution in [2.45, 2.75) is 5.92 Å².